The van der Waals surface area contributed by atoms with Crippen LogP contribution in [0.2, 0.25) is 0 Å². The lowest BCUT2D eigenvalue weighted by Gasteiger charge is -2.14. The summed E-state index contributed by atoms with van der Waals surface area (Å²) in [5, 5.41) is 8.85. The van der Waals surface area contributed by atoms with Gasteiger partial charge in [-0.3, -0.25) is 9.59 Å². The predicted octanol–water partition coefficient (Wildman–Crippen LogP) is 0.215. The van der Waals surface area contributed by atoms with Crippen LogP contribution < -0.4 is 5.73 Å². The van der Waals surface area contributed by atoms with Crippen molar-refractivity contribution in [1.82, 2.24) is 9.97 Å². The van der Waals surface area contributed by atoms with E-state index in [1.165, 1.54) is 6.20 Å². The third-order valence-electron chi connectivity index (χ3n) is 2.51. The third-order valence-corrected chi connectivity index (χ3v) is 2.51. The summed E-state index contributed by atoms with van der Waals surface area (Å²) in [4.78, 5) is 31.4. The van der Waals surface area contributed by atoms with Crippen LogP contribution in [0.1, 0.15) is 25.2 Å². The van der Waals surface area contributed by atoms with E-state index in [4.69, 9.17) is 20.5 Å². The van der Waals surface area contributed by atoms with Gasteiger partial charge in [-0.05, 0) is 13.8 Å². The number of hydrogen-bond donors (Lipinski definition) is 1. The number of hydrogen-bond acceptors (Lipinski definition) is 8. The molecule has 0 aliphatic rings. The predicted molar refractivity (Wildman–Crippen MR) is 71.6 cm³/mol. The van der Waals surface area contributed by atoms with Gasteiger partial charge in [0.25, 0.3) is 0 Å². The molecule has 1 aromatic heterocycles. The number of aromatic nitrogens is 2. The van der Waals surface area contributed by atoms with Crippen LogP contribution in [-0.2, 0) is 25.5 Å². The maximum absolute atomic E-state index is 11.8. The molecule has 1 heterocycles. The Labute approximate surface area is 121 Å². The highest BCUT2D eigenvalue weighted by Crippen LogP contribution is 2.13. The minimum atomic E-state index is -1.14. The normalized spacial score (nSPS) is 10.0. The summed E-state index contributed by atoms with van der Waals surface area (Å²) in [6.45, 7) is 3.56. The van der Waals surface area contributed by atoms with Crippen LogP contribution >= 0.6 is 0 Å². The Morgan fingerprint density at radius 3 is 2.38 bits per heavy atom. The van der Waals surface area contributed by atoms with Crippen molar-refractivity contribution in [3.8, 4) is 6.07 Å². The fraction of sp³-hybridized carbons (Fsp3) is 0.462. The summed E-state index contributed by atoms with van der Waals surface area (Å²) in [5.74, 6) is -2.55. The van der Waals surface area contributed by atoms with Crippen molar-refractivity contribution in [2.24, 2.45) is 5.92 Å². The van der Waals surface area contributed by atoms with Crippen LogP contribution in [-0.4, -0.2) is 35.1 Å². The average molecular weight is 292 g/mol. The molecule has 0 saturated carbocycles. The van der Waals surface area contributed by atoms with E-state index < -0.39 is 17.9 Å². The first-order valence-electron chi connectivity index (χ1n) is 6.38. The zero-order chi connectivity index (χ0) is 15.8. The molecule has 8 heteroatoms. The highest BCUT2D eigenvalue weighted by atomic mass is 16.6. The standard InChI is InChI=1S/C13H16N4O4/c1-3-20-12(18)9(13(19)21-4-2)5-8-7-16-11(15)10(6-14)17-8/h7,9H,3-5H2,1-2H3,(H2,15,16). The highest BCUT2D eigenvalue weighted by Gasteiger charge is 2.30. The van der Waals surface area contributed by atoms with Gasteiger partial charge in [0.2, 0.25) is 0 Å². The van der Waals surface area contributed by atoms with E-state index in [0.29, 0.717) is 0 Å². The number of nitrogens with two attached hydrogens (primary N) is 1. The smallest absolute Gasteiger partial charge is 0.320 e. The number of ether oxygens (including phenoxy) is 2. The fourth-order valence-electron chi connectivity index (χ4n) is 1.57. The number of nitrogens with zero attached hydrogens (tertiary/aromatic N) is 3. The molecular formula is C13H16N4O4. The summed E-state index contributed by atoms with van der Waals surface area (Å²) < 4.78 is 9.69. The molecule has 0 bridgehead atoms. The van der Waals surface area contributed by atoms with Crippen LogP contribution in [0.4, 0.5) is 5.82 Å². The topological polar surface area (TPSA) is 128 Å². The molecule has 0 spiro atoms. The number of rotatable bonds is 6. The van der Waals surface area contributed by atoms with E-state index in [9.17, 15) is 9.59 Å². The lowest BCUT2D eigenvalue weighted by Crippen LogP contribution is -2.30. The minimum Gasteiger partial charge on any atom is -0.465 e. The van der Waals surface area contributed by atoms with Gasteiger partial charge in [0.1, 0.15) is 6.07 Å². The van der Waals surface area contributed by atoms with Gasteiger partial charge >= 0.3 is 11.9 Å². The molecule has 0 fully saturated rings. The van der Waals surface area contributed by atoms with Gasteiger partial charge in [0.15, 0.2) is 17.4 Å². The number of esters is 2. The highest BCUT2D eigenvalue weighted by molar-refractivity contribution is 5.95. The molecule has 2 N–H and O–H groups in total. The van der Waals surface area contributed by atoms with Gasteiger partial charge in [-0.15, -0.1) is 0 Å². The summed E-state index contributed by atoms with van der Waals surface area (Å²) >= 11 is 0. The second-order valence-corrected chi connectivity index (χ2v) is 3.97. The first kappa shape index (κ1) is 16.4. The molecule has 1 rings (SSSR count). The zero-order valence-electron chi connectivity index (χ0n) is 11.8. The molecule has 0 aliphatic carbocycles. The average Bonchev–Trinajstić information content (AvgIpc) is 2.46. The Bertz CT molecular complexity index is 550. The van der Waals surface area contributed by atoms with Gasteiger partial charge < -0.3 is 15.2 Å². The largest absolute Gasteiger partial charge is 0.465 e. The number of anilines is 1. The van der Waals surface area contributed by atoms with Crippen LogP contribution in [0, 0.1) is 17.2 Å². The van der Waals surface area contributed by atoms with Crippen LogP contribution in [0.15, 0.2) is 6.20 Å². The maximum Gasteiger partial charge on any atom is 0.320 e. The van der Waals surface area contributed by atoms with Gasteiger partial charge in [0, 0.05) is 6.42 Å². The fourth-order valence-corrected chi connectivity index (χ4v) is 1.57. The molecule has 21 heavy (non-hydrogen) atoms. The second-order valence-electron chi connectivity index (χ2n) is 3.97. The van der Waals surface area contributed by atoms with Crippen molar-refractivity contribution in [2.75, 3.05) is 18.9 Å². The lowest BCUT2D eigenvalue weighted by atomic mass is 10.0. The molecule has 0 atom stereocenters. The number of carbonyl (C=O) groups is 2. The van der Waals surface area contributed by atoms with Crippen molar-refractivity contribution in [2.45, 2.75) is 20.3 Å². The van der Waals surface area contributed by atoms with E-state index in [1.54, 1.807) is 19.9 Å². The monoisotopic (exact) mass is 292 g/mol. The Balaban J connectivity index is 2.98. The lowest BCUT2D eigenvalue weighted by molar-refractivity contribution is -0.161. The van der Waals surface area contributed by atoms with E-state index in [1.807, 2.05) is 0 Å². The van der Waals surface area contributed by atoms with Crippen molar-refractivity contribution >= 4 is 17.8 Å². The van der Waals surface area contributed by atoms with Crippen LogP contribution in [0.25, 0.3) is 0 Å². The first-order chi connectivity index (χ1) is 10.0. The molecule has 112 valence electrons. The zero-order valence-corrected chi connectivity index (χ0v) is 11.8. The van der Waals surface area contributed by atoms with Crippen molar-refractivity contribution in [1.29, 1.82) is 5.26 Å². The summed E-state index contributed by atoms with van der Waals surface area (Å²) in [5.41, 5.74) is 5.69. The van der Waals surface area contributed by atoms with Crippen molar-refractivity contribution in [3.63, 3.8) is 0 Å². The molecule has 0 aromatic carbocycles. The molecule has 8 nitrogen and oxygen atoms in total. The maximum atomic E-state index is 11.8. The molecule has 0 aliphatic heterocycles. The number of nitrogen functional groups attached to an aromatic ring is 1. The molecular weight excluding hydrogens is 276 g/mol. The molecule has 0 amide bonds. The Morgan fingerprint density at radius 2 is 1.90 bits per heavy atom. The molecule has 0 saturated heterocycles. The van der Waals surface area contributed by atoms with Crippen molar-refractivity contribution < 1.29 is 19.1 Å². The first-order valence-corrected chi connectivity index (χ1v) is 6.38. The quantitative estimate of drug-likeness (QED) is 0.582. The Morgan fingerprint density at radius 1 is 1.33 bits per heavy atom. The van der Waals surface area contributed by atoms with E-state index in [-0.39, 0.29) is 36.8 Å². The molecule has 0 unspecified atom stereocenters. The number of nitriles is 1. The number of carbonyl (C=O) groups excluding carboxylic acids is 2. The van der Waals surface area contributed by atoms with Gasteiger partial charge in [-0.2, -0.15) is 5.26 Å². The third kappa shape index (κ3) is 4.42. The van der Waals surface area contributed by atoms with Gasteiger partial charge in [-0.25, -0.2) is 9.97 Å². The molecule has 1 aromatic rings. The van der Waals surface area contributed by atoms with E-state index in [2.05, 4.69) is 9.97 Å². The van der Waals surface area contributed by atoms with E-state index >= 15 is 0 Å². The van der Waals surface area contributed by atoms with Gasteiger partial charge in [0.05, 0.1) is 25.1 Å². The minimum absolute atomic E-state index is 0.00919. The Kier molecular flexibility index (Phi) is 6.07. The molecule has 0 radical (unpaired) electrons. The van der Waals surface area contributed by atoms with Gasteiger partial charge in [-0.1, -0.05) is 0 Å². The van der Waals surface area contributed by atoms with Crippen LogP contribution in [0.5, 0.6) is 0 Å². The summed E-state index contributed by atoms with van der Waals surface area (Å²) in [6.07, 6.45) is 1.24. The second kappa shape index (κ2) is 7.79. The SMILES string of the molecule is CCOC(=O)C(Cc1cnc(N)c(C#N)n1)C(=O)OCC. The van der Waals surface area contributed by atoms with Crippen LogP contribution in [0.3, 0.4) is 0 Å². The van der Waals surface area contributed by atoms with Crippen molar-refractivity contribution in [3.05, 3.63) is 17.6 Å². The summed E-state index contributed by atoms with van der Waals surface area (Å²) in [7, 11) is 0. The Hall–Kier alpha value is -2.69. The summed E-state index contributed by atoms with van der Waals surface area (Å²) in [6, 6.07) is 1.79. The van der Waals surface area contributed by atoms with E-state index in [0.717, 1.165) is 0 Å².